The van der Waals surface area contributed by atoms with Gasteiger partial charge in [0.15, 0.2) is 5.96 Å². The molecule has 6 heteroatoms. The molecule has 23 heavy (non-hydrogen) atoms. The molecule has 2 N–H and O–H groups in total. The molecule has 1 unspecified atom stereocenters. The van der Waals surface area contributed by atoms with Crippen LogP contribution in [0.4, 0.5) is 0 Å². The van der Waals surface area contributed by atoms with Crippen molar-refractivity contribution in [2.45, 2.75) is 26.4 Å². The van der Waals surface area contributed by atoms with Gasteiger partial charge in [-0.25, -0.2) is 0 Å². The highest BCUT2D eigenvalue weighted by atomic mass is 16.5. The molecule has 1 aromatic rings. The fourth-order valence-corrected chi connectivity index (χ4v) is 1.93. The minimum absolute atomic E-state index is 0.00378. The molecule has 1 atom stereocenters. The average Bonchev–Trinajstić information content (AvgIpc) is 2.57. The molecule has 0 aromatic heterocycles. The summed E-state index contributed by atoms with van der Waals surface area (Å²) in [5, 5.41) is 6.50. The van der Waals surface area contributed by atoms with Gasteiger partial charge in [0.2, 0.25) is 0 Å². The van der Waals surface area contributed by atoms with Gasteiger partial charge in [-0.05, 0) is 32.4 Å². The van der Waals surface area contributed by atoms with Gasteiger partial charge in [0.05, 0.1) is 13.7 Å². The Labute approximate surface area is 139 Å². The van der Waals surface area contributed by atoms with Crippen LogP contribution in [0, 0.1) is 0 Å². The number of benzene rings is 1. The Hall–Kier alpha value is -1.95. The number of guanidine groups is 1. The highest BCUT2D eigenvalue weighted by Gasteiger charge is 2.06. The van der Waals surface area contributed by atoms with Crippen molar-refractivity contribution in [3.63, 3.8) is 0 Å². The van der Waals surface area contributed by atoms with Gasteiger partial charge in [0, 0.05) is 32.9 Å². The maximum absolute atomic E-state index is 5.86. The first kappa shape index (κ1) is 19.1. The number of ether oxygens (including phenoxy) is 3. The topological polar surface area (TPSA) is 64.1 Å². The fraction of sp³-hybridized carbons (Fsp3) is 0.588. The van der Waals surface area contributed by atoms with Crippen LogP contribution in [0.15, 0.2) is 29.3 Å². The highest BCUT2D eigenvalue weighted by Crippen LogP contribution is 2.19. The second kappa shape index (κ2) is 11.6. The minimum Gasteiger partial charge on any atom is -0.497 e. The van der Waals surface area contributed by atoms with Crippen LogP contribution in [-0.2, 0) is 4.74 Å². The Morgan fingerprint density at radius 3 is 2.74 bits per heavy atom. The van der Waals surface area contributed by atoms with E-state index in [-0.39, 0.29) is 6.10 Å². The monoisotopic (exact) mass is 323 g/mol. The summed E-state index contributed by atoms with van der Waals surface area (Å²) in [5.41, 5.74) is 0. The van der Waals surface area contributed by atoms with Crippen LogP contribution in [0.2, 0.25) is 0 Å². The summed E-state index contributed by atoms with van der Waals surface area (Å²) in [6.07, 6.45) is 0.953. The van der Waals surface area contributed by atoms with Crippen molar-refractivity contribution in [3.05, 3.63) is 24.3 Å². The van der Waals surface area contributed by atoms with Gasteiger partial charge in [0.25, 0.3) is 0 Å². The molecule has 1 rings (SSSR count). The van der Waals surface area contributed by atoms with Crippen LogP contribution >= 0.6 is 0 Å². The Kier molecular flexibility index (Phi) is 9.63. The summed E-state index contributed by atoms with van der Waals surface area (Å²) < 4.78 is 16.4. The Morgan fingerprint density at radius 1 is 1.26 bits per heavy atom. The zero-order valence-corrected chi connectivity index (χ0v) is 14.6. The van der Waals surface area contributed by atoms with Gasteiger partial charge in [0.1, 0.15) is 17.6 Å². The zero-order chi connectivity index (χ0) is 16.9. The first-order chi connectivity index (χ1) is 11.2. The standard InChI is InChI=1S/C17H29N3O3/c1-5-22-11-7-10-19-17(18-3)20-13-14(2)23-16-9-6-8-15(12-16)21-4/h6,8-9,12,14H,5,7,10-11,13H2,1-4H3,(H2,18,19,20). The molecule has 6 nitrogen and oxygen atoms in total. The number of nitrogens with one attached hydrogen (secondary N) is 2. The van der Waals surface area contributed by atoms with Gasteiger partial charge in [-0.1, -0.05) is 6.07 Å². The van der Waals surface area contributed by atoms with E-state index in [1.54, 1.807) is 14.2 Å². The molecule has 0 bridgehead atoms. The lowest BCUT2D eigenvalue weighted by Gasteiger charge is -2.18. The van der Waals surface area contributed by atoms with Crippen molar-refractivity contribution in [2.75, 3.05) is 40.5 Å². The fourth-order valence-electron chi connectivity index (χ4n) is 1.93. The Balaban J connectivity index is 2.28. The van der Waals surface area contributed by atoms with E-state index in [2.05, 4.69) is 15.6 Å². The smallest absolute Gasteiger partial charge is 0.191 e. The lowest BCUT2D eigenvalue weighted by atomic mass is 10.3. The van der Waals surface area contributed by atoms with Crippen LogP contribution in [0.25, 0.3) is 0 Å². The third-order valence-electron chi connectivity index (χ3n) is 3.12. The SMILES string of the molecule is CCOCCCNC(=NC)NCC(C)Oc1cccc(OC)c1. The van der Waals surface area contributed by atoms with Crippen molar-refractivity contribution >= 4 is 5.96 Å². The Morgan fingerprint density at radius 2 is 2.04 bits per heavy atom. The summed E-state index contributed by atoms with van der Waals surface area (Å²) in [7, 11) is 3.40. The van der Waals surface area contributed by atoms with Crippen LogP contribution in [0.3, 0.4) is 0 Å². The molecule has 0 aliphatic rings. The molecule has 130 valence electrons. The molecule has 0 spiro atoms. The van der Waals surface area contributed by atoms with E-state index in [4.69, 9.17) is 14.2 Å². The third kappa shape index (κ3) is 8.30. The van der Waals surface area contributed by atoms with Gasteiger partial charge in [-0.2, -0.15) is 0 Å². The van der Waals surface area contributed by atoms with Crippen molar-refractivity contribution in [3.8, 4) is 11.5 Å². The molecule has 0 saturated heterocycles. The average molecular weight is 323 g/mol. The summed E-state index contributed by atoms with van der Waals surface area (Å²) in [4.78, 5) is 4.19. The van der Waals surface area contributed by atoms with E-state index in [0.717, 1.165) is 43.6 Å². The summed E-state index contributed by atoms with van der Waals surface area (Å²) in [6, 6.07) is 7.59. The maximum atomic E-state index is 5.86. The number of rotatable bonds is 10. The molecule has 0 fully saturated rings. The van der Waals surface area contributed by atoms with E-state index in [1.807, 2.05) is 38.1 Å². The zero-order valence-electron chi connectivity index (χ0n) is 14.6. The maximum Gasteiger partial charge on any atom is 0.191 e. The predicted octanol–water partition coefficient (Wildman–Crippen LogP) is 2.05. The molecule has 0 radical (unpaired) electrons. The first-order valence-electron chi connectivity index (χ1n) is 8.02. The van der Waals surface area contributed by atoms with Crippen LogP contribution in [0.1, 0.15) is 20.3 Å². The lowest BCUT2D eigenvalue weighted by Crippen LogP contribution is -2.42. The van der Waals surface area contributed by atoms with Gasteiger partial charge >= 0.3 is 0 Å². The number of hydrogen-bond acceptors (Lipinski definition) is 4. The van der Waals surface area contributed by atoms with Crippen molar-refractivity contribution < 1.29 is 14.2 Å². The Bertz CT molecular complexity index is 466. The van der Waals surface area contributed by atoms with Crippen LogP contribution < -0.4 is 20.1 Å². The van der Waals surface area contributed by atoms with Gasteiger partial charge < -0.3 is 24.8 Å². The molecule has 0 aliphatic carbocycles. The second-order valence-electron chi connectivity index (χ2n) is 5.04. The molecule has 0 amide bonds. The molecular formula is C17H29N3O3. The molecule has 0 heterocycles. The van der Waals surface area contributed by atoms with E-state index < -0.39 is 0 Å². The van der Waals surface area contributed by atoms with Crippen molar-refractivity contribution in [2.24, 2.45) is 4.99 Å². The van der Waals surface area contributed by atoms with Gasteiger partial charge in [-0.15, -0.1) is 0 Å². The number of hydrogen-bond donors (Lipinski definition) is 2. The van der Waals surface area contributed by atoms with E-state index >= 15 is 0 Å². The van der Waals surface area contributed by atoms with E-state index in [9.17, 15) is 0 Å². The van der Waals surface area contributed by atoms with Crippen molar-refractivity contribution in [1.29, 1.82) is 0 Å². The summed E-state index contributed by atoms with van der Waals surface area (Å²) in [5.74, 6) is 2.34. The minimum atomic E-state index is 0.00378. The molecular weight excluding hydrogens is 294 g/mol. The number of aliphatic imine (C=N–C) groups is 1. The van der Waals surface area contributed by atoms with E-state index in [0.29, 0.717) is 6.54 Å². The normalized spacial score (nSPS) is 12.6. The predicted molar refractivity (Wildman–Crippen MR) is 93.6 cm³/mol. The van der Waals surface area contributed by atoms with Crippen LogP contribution in [0.5, 0.6) is 11.5 Å². The quantitative estimate of drug-likeness (QED) is 0.392. The third-order valence-corrected chi connectivity index (χ3v) is 3.12. The largest absolute Gasteiger partial charge is 0.497 e. The molecule has 0 saturated carbocycles. The summed E-state index contributed by atoms with van der Waals surface area (Å²) in [6.45, 7) is 7.00. The summed E-state index contributed by atoms with van der Waals surface area (Å²) >= 11 is 0. The second-order valence-corrected chi connectivity index (χ2v) is 5.04. The van der Waals surface area contributed by atoms with Gasteiger partial charge in [-0.3, -0.25) is 4.99 Å². The van der Waals surface area contributed by atoms with Crippen LogP contribution in [-0.4, -0.2) is 52.5 Å². The first-order valence-corrected chi connectivity index (χ1v) is 8.02. The molecule has 1 aromatic carbocycles. The highest BCUT2D eigenvalue weighted by molar-refractivity contribution is 5.79. The van der Waals surface area contributed by atoms with Crippen molar-refractivity contribution in [1.82, 2.24) is 10.6 Å². The molecule has 0 aliphatic heterocycles. The lowest BCUT2D eigenvalue weighted by molar-refractivity contribution is 0.145. The van der Waals surface area contributed by atoms with E-state index in [1.165, 1.54) is 0 Å². The number of methoxy groups -OCH3 is 1. The number of nitrogens with zero attached hydrogens (tertiary/aromatic N) is 1.